The topological polar surface area (TPSA) is 86.3 Å². The quantitative estimate of drug-likeness (QED) is 0.235. The van der Waals surface area contributed by atoms with Crippen LogP contribution in [0.25, 0.3) is 0 Å². The molecule has 7 heteroatoms. The molecule has 0 aliphatic heterocycles. The standard InChI is InChI=1S/C13H19BrN2O4/c1-18-5-2-6-19-7-8-20-12-9-10(14)3-4-11(12)13(15)16-17/h3-4,9,17H,2,5-8H2,1H3,(H2,15,16). The van der Waals surface area contributed by atoms with Crippen LogP contribution < -0.4 is 10.5 Å². The van der Waals surface area contributed by atoms with Crippen molar-refractivity contribution >= 4 is 21.8 Å². The average molecular weight is 347 g/mol. The highest BCUT2D eigenvalue weighted by Crippen LogP contribution is 2.23. The fraction of sp³-hybridized carbons (Fsp3) is 0.462. The predicted molar refractivity (Wildman–Crippen MR) is 79.5 cm³/mol. The molecule has 0 atom stereocenters. The van der Waals surface area contributed by atoms with E-state index in [0.717, 1.165) is 10.9 Å². The van der Waals surface area contributed by atoms with Gasteiger partial charge in [0.15, 0.2) is 5.84 Å². The zero-order valence-corrected chi connectivity index (χ0v) is 12.9. The van der Waals surface area contributed by atoms with Crippen LogP contribution in [0.3, 0.4) is 0 Å². The van der Waals surface area contributed by atoms with Crippen LogP contribution in [0.4, 0.5) is 0 Å². The maximum Gasteiger partial charge on any atom is 0.173 e. The summed E-state index contributed by atoms with van der Waals surface area (Å²) in [4.78, 5) is 0. The van der Waals surface area contributed by atoms with Crippen molar-refractivity contribution in [3.63, 3.8) is 0 Å². The predicted octanol–water partition coefficient (Wildman–Crippen LogP) is 1.98. The molecule has 0 saturated heterocycles. The van der Waals surface area contributed by atoms with Gasteiger partial charge in [0, 0.05) is 24.8 Å². The van der Waals surface area contributed by atoms with Crippen molar-refractivity contribution < 1.29 is 19.4 Å². The number of ether oxygens (including phenoxy) is 3. The molecule has 0 unspecified atom stereocenters. The van der Waals surface area contributed by atoms with Gasteiger partial charge in [0.2, 0.25) is 0 Å². The summed E-state index contributed by atoms with van der Waals surface area (Å²) in [6.07, 6.45) is 0.850. The van der Waals surface area contributed by atoms with Crippen LogP contribution in [0, 0.1) is 0 Å². The Kier molecular flexibility index (Phi) is 8.01. The molecule has 0 spiro atoms. The van der Waals surface area contributed by atoms with E-state index in [2.05, 4.69) is 21.1 Å². The lowest BCUT2D eigenvalue weighted by atomic mass is 10.2. The molecule has 0 radical (unpaired) electrons. The molecule has 6 nitrogen and oxygen atoms in total. The van der Waals surface area contributed by atoms with Crippen molar-refractivity contribution in [2.24, 2.45) is 10.9 Å². The normalized spacial score (nSPS) is 11.6. The maximum absolute atomic E-state index is 8.73. The highest BCUT2D eigenvalue weighted by Gasteiger charge is 2.09. The van der Waals surface area contributed by atoms with Gasteiger partial charge in [-0.1, -0.05) is 21.1 Å². The Morgan fingerprint density at radius 1 is 1.30 bits per heavy atom. The lowest BCUT2D eigenvalue weighted by Gasteiger charge is -2.11. The number of amidine groups is 1. The number of nitrogens with two attached hydrogens (primary N) is 1. The largest absolute Gasteiger partial charge is 0.490 e. The Hall–Kier alpha value is -1.31. The number of hydrogen-bond acceptors (Lipinski definition) is 5. The first-order valence-electron chi connectivity index (χ1n) is 6.16. The minimum atomic E-state index is 0.00788. The molecular formula is C13H19BrN2O4. The molecule has 0 amide bonds. The van der Waals surface area contributed by atoms with Gasteiger partial charge in [0.25, 0.3) is 0 Å². The van der Waals surface area contributed by atoms with Crippen molar-refractivity contribution in [1.82, 2.24) is 0 Å². The van der Waals surface area contributed by atoms with E-state index in [9.17, 15) is 0 Å². The summed E-state index contributed by atoms with van der Waals surface area (Å²) in [6, 6.07) is 5.27. The summed E-state index contributed by atoms with van der Waals surface area (Å²) in [6.45, 7) is 2.16. The van der Waals surface area contributed by atoms with E-state index in [4.69, 9.17) is 25.2 Å². The summed E-state index contributed by atoms with van der Waals surface area (Å²) in [5, 5.41) is 11.7. The number of nitrogens with zero attached hydrogens (tertiary/aromatic N) is 1. The summed E-state index contributed by atoms with van der Waals surface area (Å²) < 4.78 is 16.7. The van der Waals surface area contributed by atoms with Crippen molar-refractivity contribution in [3.05, 3.63) is 28.2 Å². The molecule has 0 fully saturated rings. The van der Waals surface area contributed by atoms with Gasteiger partial charge in [-0.3, -0.25) is 0 Å². The van der Waals surface area contributed by atoms with E-state index in [1.165, 1.54) is 0 Å². The summed E-state index contributed by atoms with van der Waals surface area (Å²) >= 11 is 3.35. The molecule has 0 aromatic heterocycles. The van der Waals surface area contributed by atoms with Crippen LogP contribution in [0.5, 0.6) is 5.75 Å². The molecule has 1 aromatic rings. The first kappa shape index (κ1) is 16.7. The van der Waals surface area contributed by atoms with Crippen LogP contribution in [0.2, 0.25) is 0 Å². The van der Waals surface area contributed by atoms with Gasteiger partial charge in [-0.25, -0.2) is 0 Å². The Bertz CT molecular complexity index is 440. The van der Waals surface area contributed by atoms with Crippen LogP contribution in [0.15, 0.2) is 27.8 Å². The van der Waals surface area contributed by atoms with Crippen LogP contribution >= 0.6 is 15.9 Å². The van der Waals surface area contributed by atoms with Crippen molar-refractivity contribution in [2.45, 2.75) is 6.42 Å². The third-order valence-corrected chi connectivity index (χ3v) is 2.94. The molecule has 0 saturated carbocycles. The van der Waals surface area contributed by atoms with E-state index in [-0.39, 0.29) is 5.84 Å². The lowest BCUT2D eigenvalue weighted by molar-refractivity contribution is 0.0806. The number of rotatable bonds is 9. The fourth-order valence-electron chi connectivity index (χ4n) is 1.50. The van der Waals surface area contributed by atoms with E-state index < -0.39 is 0 Å². The molecule has 0 aliphatic rings. The lowest BCUT2D eigenvalue weighted by Crippen LogP contribution is -2.16. The van der Waals surface area contributed by atoms with E-state index >= 15 is 0 Å². The summed E-state index contributed by atoms with van der Waals surface area (Å²) in [5.41, 5.74) is 6.13. The first-order chi connectivity index (χ1) is 9.69. The average Bonchev–Trinajstić information content (AvgIpc) is 2.45. The second kappa shape index (κ2) is 9.57. The minimum Gasteiger partial charge on any atom is -0.490 e. The van der Waals surface area contributed by atoms with Gasteiger partial charge < -0.3 is 25.2 Å². The van der Waals surface area contributed by atoms with E-state index in [1.54, 1.807) is 25.3 Å². The zero-order chi connectivity index (χ0) is 14.8. The molecular weight excluding hydrogens is 328 g/mol. The first-order valence-corrected chi connectivity index (χ1v) is 6.95. The van der Waals surface area contributed by atoms with Crippen LogP contribution in [-0.4, -0.2) is 44.6 Å². The summed E-state index contributed by atoms with van der Waals surface area (Å²) in [7, 11) is 1.66. The smallest absolute Gasteiger partial charge is 0.173 e. The summed E-state index contributed by atoms with van der Waals surface area (Å²) in [5.74, 6) is 0.545. The molecule has 1 aromatic carbocycles. The monoisotopic (exact) mass is 346 g/mol. The second-order valence-electron chi connectivity index (χ2n) is 3.93. The van der Waals surface area contributed by atoms with Crippen LogP contribution in [-0.2, 0) is 9.47 Å². The van der Waals surface area contributed by atoms with Crippen molar-refractivity contribution in [3.8, 4) is 5.75 Å². The second-order valence-corrected chi connectivity index (χ2v) is 4.85. The Balaban J connectivity index is 2.44. The van der Waals surface area contributed by atoms with Crippen LogP contribution in [0.1, 0.15) is 12.0 Å². The molecule has 0 aliphatic carbocycles. The Morgan fingerprint density at radius 3 is 2.80 bits per heavy atom. The highest BCUT2D eigenvalue weighted by atomic mass is 79.9. The van der Waals surface area contributed by atoms with Gasteiger partial charge >= 0.3 is 0 Å². The number of halogens is 1. The molecule has 1 rings (SSSR count). The van der Waals surface area contributed by atoms with Crippen molar-refractivity contribution in [1.29, 1.82) is 0 Å². The van der Waals surface area contributed by atoms with Gasteiger partial charge in [0.1, 0.15) is 12.4 Å². The molecule has 3 N–H and O–H groups in total. The number of oxime groups is 1. The van der Waals surface area contributed by atoms with Gasteiger partial charge in [-0.2, -0.15) is 0 Å². The maximum atomic E-state index is 8.73. The minimum absolute atomic E-state index is 0.00788. The number of benzene rings is 1. The Morgan fingerprint density at radius 2 is 2.10 bits per heavy atom. The molecule has 0 heterocycles. The zero-order valence-electron chi connectivity index (χ0n) is 11.3. The van der Waals surface area contributed by atoms with Gasteiger partial charge in [-0.15, -0.1) is 0 Å². The third kappa shape index (κ3) is 5.77. The fourth-order valence-corrected chi connectivity index (χ4v) is 1.84. The number of hydrogen-bond donors (Lipinski definition) is 2. The van der Waals surface area contributed by atoms with E-state index in [1.807, 2.05) is 0 Å². The molecule has 20 heavy (non-hydrogen) atoms. The van der Waals surface area contributed by atoms with E-state index in [0.29, 0.717) is 37.7 Å². The van der Waals surface area contributed by atoms with Crippen molar-refractivity contribution in [2.75, 3.05) is 33.5 Å². The third-order valence-electron chi connectivity index (χ3n) is 2.45. The van der Waals surface area contributed by atoms with Gasteiger partial charge in [0.05, 0.1) is 12.2 Å². The number of methoxy groups -OCH3 is 1. The molecule has 112 valence electrons. The SMILES string of the molecule is COCCCOCCOc1cc(Br)ccc1/C(N)=N/O. The Labute approximate surface area is 126 Å². The van der Waals surface area contributed by atoms with Gasteiger partial charge in [-0.05, 0) is 24.6 Å². The highest BCUT2D eigenvalue weighted by molar-refractivity contribution is 9.10. The molecule has 0 bridgehead atoms.